The van der Waals surface area contributed by atoms with Gasteiger partial charge in [0.25, 0.3) is 5.91 Å². The molecule has 1 aliphatic heterocycles. The zero-order valence-electron chi connectivity index (χ0n) is 11.1. The Balaban J connectivity index is 2.28. The van der Waals surface area contributed by atoms with Gasteiger partial charge < -0.3 is 20.5 Å². The van der Waals surface area contributed by atoms with Crippen LogP contribution in [0.25, 0.3) is 0 Å². The molecule has 0 bridgehead atoms. The smallest absolute Gasteiger partial charge is 0.255 e. The highest BCUT2D eigenvalue weighted by molar-refractivity contribution is 5.96. The molecule has 20 heavy (non-hydrogen) atoms. The highest BCUT2D eigenvalue weighted by Crippen LogP contribution is 2.14. The van der Waals surface area contributed by atoms with E-state index in [1.807, 2.05) is 0 Å². The summed E-state index contributed by atoms with van der Waals surface area (Å²) in [5, 5.41) is 9.34. The number of hydrogen-bond acceptors (Lipinski definition) is 5. The van der Waals surface area contributed by atoms with Gasteiger partial charge in [0.05, 0.1) is 43.5 Å². The minimum Gasteiger partial charge on any atom is -0.394 e. The van der Waals surface area contributed by atoms with Crippen LogP contribution in [-0.4, -0.2) is 59.8 Å². The molecule has 1 aliphatic rings. The van der Waals surface area contributed by atoms with Crippen LogP contribution in [0.2, 0.25) is 0 Å². The fraction of sp³-hybridized carbons (Fsp3) is 0.429. The number of hydrogen-bond donors (Lipinski definition) is 2. The SMILES string of the molecule is NCC#Cc1cnccc1C(=O)N1CCOCC1CO. The summed E-state index contributed by atoms with van der Waals surface area (Å²) in [4.78, 5) is 18.2. The lowest BCUT2D eigenvalue weighted by Crippen LogP contribution is -2.50. The lowest BCUT2D eigenvalue weighted by atomic mass is 10.1. The molecule has 0 aromatic carbocycles. The molecule has 1 aromatic rings. The van der Waals surface area contributed by atoms with Gasteiger partial charge in [-0.3, -0.25) is 9.78 Å². The van der Waals surface area contributed by atoms with Crippen LogP contribution in [0.15, 0.2) is 18.5 Å². The van der Waals surface area contributed by atoms with E-state index in [0.29, 0.717) is 30.9 Å². The Hall–Kier alpha value is -1.94. The molecule has 0 saturated carbocycles. The summed E-state index contributed by atoms with van der Waals surface area (Å²) in [6, 6.07) is 1.31. The highest BCUT2D eigenvalue weighted by Gasteiger charge is 2.28. The summed E-state index contributed by atoms with van der Waals surface area (Å²) in [7, 11) is 0. The first-order chi connectivity index (χ1) is 9.77. The standard InChI is InChI=1S/C14H17N3O3/c15-4-1-2-11-8-16-5-3-13(11)14(19)17-6-7-20-10-12(17)9-18/h3,5,8,12,18H,4,6-7,9-10,15H2. The van der Waals surface area contributed by atoms with Crippen LogP contribution in [-0.2, 0) is 4.74 Å². The molecular formula is C14H17N3O3. The number of nitrogens with zero attached hydrogens (tertiary/aromatic N) is 2. The Bertz CT molecular complexity index is 536. The summed E-state index contributed by atoms with van der Waals surface area (Å²) < 4.78 is 5.27. The van der Waals surface area contributed by atoms with E-state index in [1.165, 1.54) is 0 Å². The Morgan fingerprint density at radius 3 is 3.25 bits per heavy atom. The lowest BCUT2D eigenvalue weighted by molar-refractivity contribution is -0.0184. The average molecular weight is 275 g/mol. The van der Waals surface area contributed by atoms with Gasteiger partial charge in [-0.1, -0.05) is 11.8 Å². The summed E-state index contributed by atoms with van der Waals surface area (Å²) in [5.74, 6) is 5.40. The molecule has 1 amide bonds. The van der Waals surface area contributed by atoms with Gasteiger partial charge in [-0.15, -0.1) is 0 Å². The zero-order valence-corrected chi connectivity index (χ0v) is 11.1. The third kappa shape index (κ3) is 3.14. The molecule has 2 rings (SSSR count). The molecule has 1 fully saturated rings. The predicted molar refractivity (Wildman–Crippen MR) is 72.9 cm³/mol. The summed E-state index contributed by atoms with van der Waals surface area (Å²) in [5.41, 5.74) is 6.37. The molecule has 106 valence electrons. The normalized spacial score (nSPS) is 18.3. The number of carbonyl (C=O) groups excluding carboxylic acids is 1. The van der Waals surface area contributed by atoms with E-state index in [0.717, 1.165) is 0 Å². The van der Waals surface area contributed by atoms with Crippen LogP contribution in [0.3, 0.4) is 0 Å². The predicted octanol–water partition coefficient (Wildman–Crippen LogP) is -0.775. The van der Waals surface area contributed by atoms with Crippen molar-refractivity contribution in [2.45, 2.75) is 6.04 Å². The maximum Gasteiger partial charge on any atom is 0.255 e. The second-order valence-corrected chi connectivity index (χ2v) is 4.34. The molecule has 1 atom stereocenters. The van der Waals surface area contributed by atoms with Gasteiger partial charge in [0.15, 0.2) is 0 Å². The first-order valence-corrected chi connectivity index (χ1v) is 6.40. The quantitative estimate of drug-likeness (QED) is 0.692. The third-order valence-electron chi connectivity index (χ3n) is 3.08. The monoisotopic (exact) mass is 275 g/mol. The highest BCUT2D eigenvalue weighted by atomic mass is 16.5. The fourth-order valence-corrected chi connectivity index (χ4v) is 2.05. The van der Waals surface area contributed by atoms with Crippen LogP contribution in [0.1, 0.15) is 15.9 Å². The van der Waals surface area contributed by atoms with Gasteiger partial charge in [-0.2, -0.15) is 0 Å². The van der Waals surface area contributed by atoms with Crippen molar-refractivity contribution in [1.29, 1.82) is 0 Å². The Kier molecular flexibility index (Phi) is 5.07. The minimum absolute atomic E-state index is 0.124. The molecular weight excluding hydrogens is 258 g/mol. The van der Waals surface area contributed by atoms with Crippen LogP contribution >= 0.6 is 0 Å². The van der Waals surface area contributed by atoms with E-state index in [1.54, 1.807) is 23.4 Å². The van der Waals surface area contributed by atoms with Crippen LogP contribution in [0.5, 0.6) is 0 Å². The number of nitrogens with two attached hydrogens (primary N) is 1. The number of aromatic nitrogens is 1. The first-order valence-electron chi connectivity index (χ1n) is 6.40. The van der Waals surface area contributed by atoms with Gasteiger partial charge in [0.1, 0.15) is 0 Å². The topological polar surface area (TPSA) is 88.7 Å². The van der Waals surface area contributed by atoms with Crippen molar-refractivity contribution in [3.05, 3.63) is 29.6 Å². The molecule has 6 heteroatoms. The van der Waals surface area contributed by atoms with E-state index in [9.17, 15) is 9.90 Å². The molecule has 6 nitrogen and oxygen atoms in total. The van der Waals surface area contributed by atoms with Crippen molar-refractivity contribution in [3.8, 4) is 11.8 Å². The number of pyridine rings is 1. The molecule has 0 spiro atoms. The summed E-state index contributed by atoms with van der Waals surface area (Å²) in [6.07, 6.45) is 3.10. The number of morpholine rings is 1. The van der Waals surface area contributed by atoms with E-state index < -0.39 is 0 Å². The lowest BCUT2D eigenvalue weighted by Gasteiger charge is -2.34. The van der Waals surface area contributed by atoms with Gasteiger partial charge in [-0.25, -0.2) is 0 Å². The number of aliphatic hydroxyl groups excluding tert-OH is 1. The van der Waals surface area contributed by atoms with E-state index >= 15 is 0 Å². The summed E-state index contributed by atoms with van der Waals surface area (Å²) >= 11 is 0. The second kappa shape index (κ2) is 7.01. The third-order valence-corrected chi connectivity index (χ3v) is 3.08. The Morgan fingerprint density at radius 2 is 2.50 bits per heavy atom. The van der Waals surface area contributed by atoms with Crippen molar-refractivity contribution < 1.29 is 14.6 Å². The maximum atomic E-state index is 12.6. The van der Waals surface area contributed by atoms with Crippen molar-refractivity contribution >= 4 is 5.91 Å². The second-order valence-electron chi connectivity index (χ2n) is 4.34. The van der Waals surface area contributed by atoms with Crippen molar-refractivity contribution in [2.75, 3.05) is 32.9 Å². The Labute approximate surface area is 117 Å². The van der Waals surface area contributed by atoms with Crippen molar-refractivity contribution in [1.82, 2.24) is 9.88 Å². The number of rotatable bonds is 2. The Morgan fingerprint density at radius 1 is 1.65 bits per heavy atom. The van der Waals surface area contributed by atoms with E-state index in [-0.39, 0.29) is 25.1 Å². The van der Waals surface area contributed by atoms with Crippen LogP contribution in [0.4, 0.5) is 0 Å². The van der Waals surface area contributed by atoms with Gasteiger partial charge in [-0.05, 0) is 6.07 Å². The van der Waals surface area contributed by atoms with Crippen molar-refractivity contribution in [2.24, 2.45) is 5.73 Å². The summed E-state index contributed by atoms with van der Waals surface area (Å²) in [6.45, 7) is 1.37. The fourth-order valence-electron chi connectivity index (χ4n) is 2.05. The average Bonchev–Trinajstić information content (AvgIpc) is 2.52. The van der Waals surface area contributed by atoms with Crippen LogP contribution in [0, 0.1) is 11.8 Å². The molecule has 0 radical (unpaired) electrons. The van der Waals surface area contributed by atoms with E-state index in [4.69, 9.17) is 10.5 Å². The maximum absolute atomic E-state index is 12.6. The number of aliphatic hydroxyl groups is 1. The molecule has 2 heterocycles. The zero-order chi connectivity index (χ0) is 14.4. The molecule has 3 N–H and O–H groups in total. The number of carbonyl (C=O) groups is 1. The number of ether oxygens (including phenoxy) is 1. The van der Waals surface area contributed by atoms with Gasteiger partial charge >= 0.3 is 0 Å². The van der Waals surface area contributed by atoms with Gasteiger partial charge in [0.2, 0.25) is 0 Å². The first kappa shape index (κ1) is 14.5. The van der Waals surface area contributed by atoms with E-state index in [2.05, 4.69) is 16.8 Å². The van der Waals surface area contributed by atoms with Gasteiger partial charge in [0, 0.05) is 18.9 Å². The molecule has 1 unspecified atom stereocenters. The molecule has 1 aromatic heterocycles. The molecule has 0 aliphatic carbocycles. The largest absolute Gasteiger partial charge is 0.394 e. The van der Waals surface area contributed by atoms with Crippen LogP contribution < -0.4 is 5.73 Å². The number of amides is 1. The molecule has 1 saturated heterocycles. The minimum atomic E-state index is -0.320. The van der Waals surface area contributed by atoms with Crippen molar-refractivity contribution in [3.63, 3.8) is 0 Å².